The van der Waals surface area contributed by atoms with Crippen LogP contribution in [0, 0.1) is 0 Å². The maximum absolute atomic E-state index is 12.4. The Morgan fingerprint density at radius 3 is 3.00 bits per heavy atom. The molecule has 1 aliphatic rings. The Kier molecular flexibility index (Phi) is 4.01. The van der Waals surface area contributed by atoms with Gasteiger partial charge in [-0.1, -0.05) is 13.3 Å². The fourth-order valence-corrected chi connectivity index (χ4v) is 2.61. The van der Waals surface area contributed by atoms with Crippen LogP contribution in [0.25, 0.3) is 0 Å². The number of carbonyl (C=O) groups is 1. The summed E-state index contributed by atoms with van der Waals surface area (Å²) in [6.45, 7) is 5.88. The molecule has 1 atom stereocenters. The minimum absolute atomic E-state index is 0.0810. The lowest BCUT2D eigenvalue weighted by molar-refractivity contribution is -0.122. The van der Waals surface area contributed by atoms with E-state index >= 15 is 0 Å². The Morgan fingerprint density at radius 2 is 2.44 bits per heavy atom. The largest absolute Gasteiger partial charge is 0.322 e. The van der Waals surface area contributed by atoms with E-state index in [2.05, 4.69) is 22.7 Å². The normalized spacial score (nSPS) is 23.2. The predicted octanol–water partition coefficient (Wildman–Crippen LogP) is 1.76. The average molecular weight is 250 g/mol. The number of amides is 1. The van der Waals surface area contributed by atoms with Gasteiger partial charge in [0.2, 0.25) is 5.91 Å². The number of carbonyl (C=O) groups excluding carboxylic acids is 1. The first kappa shape index (κ1) is 13.1. The van der Waals surface area contributed by atoms with Crippen LogP contribution in [-0.4, -0.2) is 27.8 Å². The van der Waals surface area contributed by atoms with E-state index < -0.39 is 0 Å². The number of hydrogen-bond acceptors (Lipinski definition) is 3. The fraction of sp³-hybridized carbons (Fsp3) is 0.692. The van der Waals surface area contributed by atoms with E-state index in [0.717, 1.165) is 44.5 Å². The first-order chi connectivity index (χ1) is 8.70. The second-order valence-corrected chi connectivity index (χ2v) is 4.90. The molecule has 1 amide bonds. The lowest BCUT2D eigenvalue weighted by Gasteiger charge is -2.27. The molecule has 100 valence electrons. The van der Waals surface area contributed by atoms with E-state index in [4.69, 9.17) is 0 Å². The van der Waals surface area contributed by atoms with Crippen molar-refractivity contribution in [3.8, 4) is 0 Å². The van der Waals surface area contributed by atoms with Crippen molar-refractivity contribution in [2.45, 2.75) is 51.6 Å². The first-order valence-corrected chi connectivity index (χ1v) is 6.79. The maximum Gasteiger partial charge on any atom is 0.244 e. The molecule has 0 spiro atoms. The number of aromatic nitrogens is 2. The van der Waals surface area contributed by atoms with E-state index in [1.165, 1.54) is 0 Å². The molecule has 0 aliphatic carbocycles. The van der Waals surface area contributed by atoms with Crippen LogP contribution in [-0.2, 0) is 11.3 Å². The summed E-state index contributed by atoms with van der Waals surface area (Å²) in [6.07, 6.45) is 7.47. The Hall–Kier alpha value is -1.36. The summed E-state index contributed by atoms with van der Waals surface area (Å²) in [6, 6.07) is 0. The van der Waals surface area contributed by atoms with Crippen molar-refractivity contribution in [3.63, 3.8) is 0 Å². The number of aryl methyl sites for hydroxylation is 1. The Labute approximate surface area is 108 Å². The van der Waals surface area contributed by atoms with Crippen molar-refractivity contribution < 1.29 is 4.79 Å². The van der Waals surface area contributed by atoms with Crippen molar-refractivity contribution in [3.05, 3.63) is 12.4 Å². The van der Waals surface area contributed by atoms with Gasteiger partial charge < -0.3 is 10.6 Å². The molecule has 1 saturated heterocycles. The molecule has 1 aliphatic heterocycles. The van der Waals surface area contributed by atoms with E-state index in [-0.39, 0.29) is 11.4 Å². The second-order valence-electron chi connectivity index (χ2n) is 4.90. The summed E-state index contributed by atoms with van der Waals surface area (Å²) in [4.78, 5) is 12.4. The monoisotopic (exact) mass is 250 g/mol. The predicted molar refractivity (Wildman–Crippen MR) is 71.4 cm³/mol. The molecule has 0 bridgehead atoms. The van der Waals surface area contributed by atoms with Gasteiger partial charge in [0.1, 0.15) is 0 Å². The maximum atomic E-state index is 12.4. The third-order valence-corrected chi connectivity index (χ3v) is 3.57. The first-order valence-electron chi connectivity index (χ1n) is 6.79. The minimum atomic E-state index is -0.372. The Bertz CT molecular complexity index is 407. The van der Waals surface area contributed by atoms with Crippen LogP contribution < -0.4 is 10.6 Å². The average Bonchev–Trinajstić information content (AvgIpc) is 2.99. The number of nitrogens with one attached hydrogen (secondary N) is 2. The molecule has 1 unspecified atom stereocenters. The van der Waals surface area contributed by atoms with Crippen molar-refractivity contribution in [2.24, 2.45) is 0 Å². The van der Waals surface area contributed by atoms with Crippen molar-refractivity contribution in [1.82, 2.24) is 15.1 Å². The minimum Gasteiger partial charge on any atom is -0.322 e. The zero-order chi connectivity index (χ0) is 13.0. The molecule has 18 heavy (non-hydrogen) atoms. The number of anilines is 1. The fourth-order valence-electron chi connectivity index (χ4n) is 2.61. The zero-order valence-electron chi connectivity index (χ0n) is 11.2. The SMILES string of the molecule is CCCC1(C(=O)Nc2cnn(CC)c2)CCCN1. The van der Waals surface area contributed by atoms with Crippen LogP contribution in [0.1, 0.15) is 39.5 Å². The van der Waals surface area contributed by atoms with E-state index in [1.54, 1.807) is 6.20 Å². The topological polar surface area (TPSA) is 59.0 Å². The zero-order valence-corrected chi connectivity index (χ0v) is 11.2. The van der Waals surface area contributed by atoms with Crippen LogP contribution in [0.3, 0.4) is 0 Å². The molecule has 2 heterocycles. The highest BCUT2D eigenvalue weighted by Crippen LogP contribution is 2.26. The Balaban J connectivity index is 2.05. The molecule has 2 rings (SSSR count). The van der Waals surface area contributed by atoms with Gasteiger partial charge in [0.25, 0.3) is 0 Å². The third-order valence-electron chi connectivity index (χ3n) is 3.57. The van der Waals surface area contributed by atoms with Gasteiger partial charge in [0.15, 0.2) is 0 Å². The van der Waals surface area contributed by atoms with E-state index in [0.29, 0.717) is 0 Å². The van der Waals surface area contributed by atoms with Crippen molar-refractivity contribution >= 4 is 11.6 Å². The van der Waals surface area contributed by atoms with Gasteiger partial charge in [-0.05, 0) is 32.7 Å². The van der Waals surface area contributed by atoms with Crippen LogP contribution in [0.4, 0.5) is 5.69 Å². The summed E-state index contributed by atoms with van der Waals surface area (Å²) >= 11 is 0. The van der Waals surface area contributed by atoms with Crippen LogP contribution >= 0.6 is 0 Å². The van der Waals surface area contributed by atoms with Gasteiger partial charge >= 0.3 is 0 Å². The highest BCUT2D eigenvalue weighted by atomic mass is 16.2. The lowest BCUT2D eigenvalue weighted by atomic mass is 9.91. The molecule has 2 N–H and O–H groups in total. The highest BCUT2D eigenvalue weighted by Gasteiger charge is 2.39. The quantitative estimate of drug-likeness (QED) is 0.837. The number of rotatable bonds is 5. The molecule has 5 heteroatoms. The lowest BCUT2D eigenvalue weighted by Crippen LogP contribution is -2.50. The Morgan fingerprint density at radius 1 is 1.61 bits per heavy atom. The summed E-state index contributed by atoms with van der Waals surface area (Å²) < 4.78 is 1.81. The van der Waals surface area contributed by atoms with Gasteiger partial charge in [-0.3, -0.25) is 9.48 Å². The molecule has 0 radical (unpaired) electrons. The number of hydrogen-bond donors (Lipinski definition) is 2. The van der Waals surface area contributed by atoms with E-state index in [9.17, 15) is 4.79 Å². The molecule has 1 fully saturated rings. The second kappa shape index (κ2) is 5.52. The molecule has 0 saturated carbocycles. The summed E-state index contributed by atoms with van der Waals surface area (Å²) in [7, 11) is 0. The number of nitrogens with zero attached hydrogens (tertiary/aromatic N) is 2. The van der Waals surface area contributed by atoms with Crippen LogP contribution in [0.5, 0.6) is 0 Å². The van der Waals surface area contributed by atoms with Gasteiger partial charge in [-0.15, -0.1) is 0 Å². The molecule has 1 aromatic heterocycles. The molecule has 5 nitrogen and oxygen atoms in total. The van der Waals surface area contributed by atoms with Crippen molar-refractivity contribution in [2.75, 3.05) is 11.9 Å². The highest BCUT2D eigenvalue weighted by molar-refractivity contribution is 5.98. The van der Waals surface area contributed by atoms with E-state index in [1.807, 2.05) is 17.8 Å². The standard InChI is InChI=1S/C13H22N4O/c1-3-6-13(7-5-8-14-13)12(18)16-11-9-15-17(4-2)10-11/h9-10,14H,3-8H2,1-2H3,(H,16,18). The van der Waals surface area contributed by atoms with Crippen LogP contribution in [0.15, 0.2) is 12.4 Å². The summed E-state index contributed by atoms with van der Waals surface area (Å²) in [5.41, 5.74) is 0.411. The van der Waals surface area contributed by atoms with Gasteiger partial charge in [0.05, 0.1) is 17.4 Å². The van der Waals surface area contributed by atoms with Gasteiger partial charge in [0, 0.05) is 12.7 Å². The van der Waals surface area contributed by atoms with Crippen LogP contribution in [0.2, 0.25) is 0 Å². The summed E-state index contributed by atoms with van der Waals surface area (Å²) in [5.74, 6) is 0.0810. The molecule has 1 aromatic rings. The van der Waals surface area contributed by atoms with Crippen molar-refractivity contribution in [1.29, 1.82) is 0 Å². The van der Waals surface area contributed by atoms with Gasteiger partial charge in [-0.2, -0.15) is 5.10 Å². The van der Waals surface area contributed by atoms with Gasteiger partial charge in [-0.25, -0.2) is 0 Å². The third kappa shape index (κ3) is 2.56. The smallest absolute Gasteiger partial charge is 0.244 e. The molecule has 0 aromatic carbocycles. The summed E-state index contributed by atoms with van der Waals surface area (Å²) in [5, 5.41) is 10.5. The molecular formula is C13H22N4O. The molecular weight excluding hydrogens is 228 g/mol.